The number of hydrogen-bond acceptors (Lipinski definition) is 6. The minimum absolute atomic E-state index is 0. The molecule has 0 unspecified atom stereocenters. The summed E-state index contributed by atoms with van der Waals surface area (Å²) in [5.41, 5.74) is 7.81. The Morgan fingerprint density at radius 1 is 1.32 bits per heavy atom. The number of carbonyl (C=O) groups excluding carboxylic acids is 1. The highest BCUT2D eigenvalue weighted by Gasteiger charge is 2.28. The van der Waals surface area contributed by atoms with Crippen LogP contribution in [-0.4, -0.2) is 43.6 Å². The van der Waals surface area contributed by atoms with Crippen LogP contribution in [0, 0.1) is 6.92 Å². The molecule has 0 amide bonds. The summed E-state index contributed by atoms with van der Waals surface area (Å²) in [4.78, 5) is 17.1. The van der Waals surface area contributed by atoms with Gasteiger partial charge in [0.1, 0.15) is 11.7 Å². The SMILES string of the molecule is COC(=O)c1cc(-c2cccc(S(=O)(=O)NC3CC3)c2)c2nc(C)n(C/C(F)=C/CN)c2c1.Cl. The Bertz CT molecular complexity index is 1370. The maximum Gasteiger partial charge on any atom is 0.337 e. The molecule has 4 rings (SSSR count). The van der Waals surface area contributed by atoms with Crippen LogP contribution in [0.25, 0.3) is 22.2 Å². The summed E-state index contributed by atoms with van der Waals surface area (Å²) >= 11 is 0. The number of methoxy groups -OCH3 is 1. The second-order valence-corrected chi connectivity index (χ2v) is 9.65. The number of hydrogen-bond donors (Lipinski definition) is 2. The molecule has 0 aliphatic heterocycles. The van der Waals surface area contributed by atoms with Gasteiger partial charge in [-0.3, -0.25) is 0 Å². The Morgan fingerprint density at radius 2 is 2.06 bits per heavy atom. The van der Waals surface area contributed by atoms with Crippen LogP contribution in [0.3, 0.4) is 0 Å². The third-order valence-electron chi connectivity index (χ3n) is 5.47. The first-order valence-corrected chi connectivity index (χ1v) is 12.0. The number of fused-ring (bicyclic) bond motifs is 1. The van der Waals surface area contributed by atoms with Gasteiger partial charge in [0.15, 0.2) is 0 Å². The highest BCUT2D eigenvalue weighted by molar-refractivity contribution is 7.89. The summed E-state index contributed by atoms with van der Waals surface area (Å²) in [6.07, 6.45) is 2.93. The maximum atomic E-state index is 14.3. The van der Waals surface area contributed by atoms with E-state index in [1.165, 1.54) is 19.3 Å². The van der Waals surface area contributed by atoms with Gasteiger partial charge in [-0.15, -0.1) is 12.4 Å². The average Bonchev–Trinajstić information content (AvgIpc) is 3.54. The van der Waals surface area contributed by atoms with Crippen molar-refractivity contribution in [3.8, 4) is 11.1 Å². The number of nitrogens with two attached hydrogens (primary N) is 1. The molecule has 1 aromatic heterocycles. The molecule has 0 spiro atoms. The van der Waals surface area contributed by atoms with Crippen LogP contribution in [0.15, 0.2) is 53.2 Å². The molecule has 3 N–H and O–H groups in total. The van der Waals surface area contributed by atoms with Crippen LogP contribution >= 0.6 is 12.4 Å². The highest BCUT2D eigenvalue weighted by Crippen LogP contribution is 2.33. The number of aromatic nitrogens is 2. The molecule has 1 heterocycles. The monoisotopic (exact) mass is 508 g/mol. The van der Waals surface area contributed by atoms with Crippen molar-refractivity contribution >= 4 is 39.4 Å². The number of carbonyl (C=O) groups is 1. The number of sulfonamides is 1. The number of nitrogens with zero attached hydrogens (tertiary/aromatic N) is 2. The topological polar surface area (TPSA) is 116 Å². The Balaban J connectivity index is 0.00000324. The Kier molecular flexibility index (Phi) is 7.77. The van der Waals surface area contributed by atoms with E-state index in [1.54, 1.807) is 41.8 Å². The van der Waals surface area contributed by atoms with Crippen LogP contribution in [-0.2, 0) is 21.3 Å². The predicted molar refractivity (Wildman–Crippen MR) is 130 cm³/mol. The van der Waals surface area contributed by atoms with Gasteiger partial charge in [0.05, 0.1) is 35.1 Å². The van der Waals surface area contributed by atoms with E-state index in [2.05, 4.69) is 9.71 Å². The quantitative estimate of drug-likeness (QED) is 0.450. The van der Waals surface area contributed by atoms with Crippen LogP contribution in [0.5, 0.6) is 0 Å². The number of allylic oxidation sites excluding steroid dienone is 1. The molecule has 34 heavy (non-hydrogen) atoms. The molecule has 0 atom stereocenters. The van der Waals surface area contributed by atoms with E-state index in [0.717, 1.165) is 12.8 Å². The van der Waals surface area contributed by atoms with Gasteiger partial charge in [0.25, 0.3) is 0 Å². The van der Waals surface area contributed by atoms with Crippen LogP contribution in [0.1, 0.15) is 29.0 Å². The normalized spacial score (nSPS) is 14.2. The number of ether oxygens (including phenoxy) is 1. The van der Waals surface area contributed by atoms with Crippen LogP contribution in [0.4, 0.5) is 4.39 Å². The van der Waals surface area contributed by atoms with Crippen molar-refractivity contribution in [1.82, 2.24) is 14.3 Å². The zero-order valence-electron chi connectivity index (χ0n) is 18.7. The first-order valence-electron chi connectivity index (χ1n) is 10.5. The molecular weight excluding hydrogens is 483 g/mol. The minimum Gasteiger partial charge on any atom is -0.465 e. The molecule has 1 aliphatic carbocycles. The number of nitrogens with one attached hydrogen (secondary N) is 1. The smallest absolute Gasteiger partial charge is 0.337 e. The Morgan fingerprint density at radius 3 is 2.71 bits per heavy atom. The van der Waals surface area contributed by atoms with Crippen molar-refractivity contribution in [3.63, 3.8) is 0 Å². The molecule has 1 saturated carbocycles. The molecule has 0 bridgehead atoms. The fourth-order valence-corrected chi connectivity index (χ4v) is 5.01. The first kappa shape index (κ1) is 25.8. The maximum absolute atomic E-state index is 14.3. The van der Waals surface area contributed by atoms with E-state index in [9.17, 15) is 17.6 Å². The lowest BCUT2D eigenvalue weighted by molar-refractivity contribution is 0.0601. The molecule has 8 nitrogen and oxygen atoms in total. The number of rotatable bonds is 8. The molecule has 0 saturated heterocycles. The largest absolute Gasteiger partial charge is 0.465 e. The van der Waals surface area contributed by atoms with Crippen molar-refractivity contribution in [2.75, 3.05) is 13.7 Å². The van der Waals surface area contributed by atoms with Crippen molar-refractivity contribution < 1.29 is 22.3 Å². The summed E-state index contributed by atoms with van der Waals surface area (Å²) < 4.78 is 48.9. The first-order chi connectivity index (χ1) is 15.7. The minimum atomic E-state index is -3.67. The third kappa shape index (κ3) is 5.30. The van der Waals surface area contributed by atoms with Gasteiger partial charge in [0, 0.05) is 18.2 Å². The standard InChI is InChI=1S/C23H25FN4O4S.ClH/c1-14-26-22-20(15-4-3-5-19(10-15)33(30,31)27-18-6-7-18)11-16(23(29)32-2)12-21(22)28(14)13-17(24)8-9-25;/h3-5,8,10-12,18,27H,6-7,9,13,25H2,1-2H3;1H/b17-8-;. The Hall–Kier alpha value is -2.79. The van der Waals surface area contributed by atoms with Crippen molar-refractivity contribution in [2.24, 2.45) is 5.73 Å². The fourth-order valence-electron chi connectivity index (χ4n) is 3.66. The van der Waals surface area contributed by atoms with E-state index < -0.39 is 21.8 Å². The second kappa shape index (κ2) is 10.2. The molecule has 0 radical (unpaired) electrons. The third-order valence-corrected chi connectivity index (χ3v) is 6.99. The second-order valence-electron chi connectivity index (χ2n) is 7.94. The van der Waals surface area contributed by atoms with Gasteiger partial charge >= 0.3 is 5.97 Å². The number of imidazole rings is 1. The molecule has 3 aromatic rings. The summed E-state index contributed by atoms with van der Waals surface area (Å²) in [6.45, 7) is 1.70. The molecule has 1 aliphatic rings. The lowest BCUT2D eigenvalue weighted by Crippen LogP contribution is -2.25. The molecule has 182 valence electrons. The number of halogens is 2. The molecule has 2 aromatic carbocycles. The summed E-state index contributed by atoms with van der Waals surface area (Å²) in [5.74, 6) is -0.460. The van der Waals surface area contributed by atoms with E-state index in [-0.39, 0.29) is 42.0 Å². The zero-order valence-corrected chi connectivity index (χ0v) is 20.4. The van der Waals surface area contributed by atoms with E-state index in [0.29, 0.717) is 28.0 Å². The zero-order chi connectivity index (χ0) is 23.8. The number of benzene rings is 2. The average molecular weight is 509 g/mol. The fraction of sp³-hybridized carbons (Fsp3) is 0.304. The van der Waals surface area contributed by atoms with E-state index in [1.807, 2.05) is 0 Å². The van der Waals surface area contributed by atoms with Gasteiger partial charge in [-0.1, -0.05) is 12.1 Å². The van der Waals surface area contributed by atoms with Gasteiger partial charge in [-0.25, -0.2) is 27.3 Å². The highest BCUT2D eigenvalue weighted by atomic mass is 35.5. The number of aryl methyl sites for hydroxylation is 1. The van der Waals surface area contributed by atoms with Gasteiger partial charge in [0.2, 0.25) is 10.0 Å². The van der Waals surface area contributed by atoms with Crippen molar-refractivity contribution in [2.45, 2.75) is 37.2 Å². The summed E-state index contributed by atoms with van der Waals surface area (Å²) in [5, 5.41) is 0. The van der Waals surface area contributed by atoms with E-state index >= 15 is 0 Å². The van der Waals surface area contributed by atoms with Gasteiger partial charge < -0.3 is 15.0 Å². The van der Waals surface area contributed by atoms with Gasteiger partial charge in [-0.2, -0.15) is 0 Å². The molecule has 11 heteroatoms. The molecular formula is C23H26ClFN4O4S. The van der Waals surface area contributed by atoms with Crippen LogP contribution < -0.4 is 10.5 Å². The summed E-state index contributed by atoms with van der Waals surface area (Å²) in [6, 6.07) is 9.63. The van der Waals surface area contributed by atoms with Gasteiger partial charge in [-0.05, 0) is 55.7 Å². The molecule has 1 fully saturated rings. The lowest BCUT2D eigenvalue weighted by Gasteiger charge is -2.11. The van der Waals surface area contributed by atoms with E-state index in [4.69, 9.17) is 10.5 Å². The summed E-state index contributed by atoms with van der Waals surface area (Å²) in [7, 11) is -2.40. The van der Waals surface area contributed by atoms with Crippen LogP contribution in [0.2, 0.25) is 0 Å². The lowest BCUT2D eigenvalue weighted by atomic mass is 10.0. The van der Waals surface area contributed by atoms with Crippen molar-refractivity contribution in [3.05, 3.63) is 59.7 Å². The Labute approximate surface area is 203 Å². The van der Waals surface area contributed by atoms with Crippen molar-refractivity contribution in [1.29, 1.82) is 0 Å². The predicted octanol–water partition coefficient (Wildman–Crippen LogP) is 3.47. The number of esters is 1.